The molecule has 1 fully saturated rings. The Hall–Kier alpha value is -1.07. The molecule has 0 aliphatic carbocycles. The third kappa shape index (κ3) is 3.52. The fourth-order valence-electron chi connectivity index (χ4n) is 2.77. The zero-order valence-electron chi connectivity index (χ0n) is 12.5. The highest BCUT2D eigenvalue weighted by Gasteiger charge is 2.25. The Bertz CT molecular complexity index is 563. The molecule has 0 spiro atoms. The average Bonchev–Trinajstić information content (AvgIpc) is 2.38. The molecule has 0 unspecified atom stereocenters. The molecule has 2 rings (SSSR count). The summed E-state index contributed by atoms with van der Waals surface area (Å²) in [6.45, 7) is 5.82. The van der Waals surface area contributed by atoms with Gasteiger partial charge in [0.25, 0.3) is 0 Å². The summed E-state index contributed by atoms with van der Waals surface area (Å²) in [6.07, 6.45) is 1.89. The third-order valence-corrected chi connectivity index (χ3v) is 5.94. The molecule has 1 saturated heterocycles. The van der Waals surface area contributed by atoms with Crippen LogP contribution >= 0.6 is 0 Å². The lowest BCUT2D eigenvalue weighted by atomic mass is 10.0. The first kappa shape index (κ1) is 15.3. The van der Waals surface area contributed by atoms with Gasteiger partial charge in [0, 0.05) is 7.05 Å². The van der Waals surface area contributed by atoms with Gasteiger partial charge in [-0.3, -0.25) is 4.31 Å². The van der Waals surface area contributed by atoms with Crippen molar-refractivity contribution < 1.29 is 8.42 Å². The molecule has 0 atom stereocenters. The van der Waals surface area contributed by atoms with Crippen LogP contribution in [0.1, 0.15) is 24.0 Å². The largest absolute Gasteiger partial charge is 0.317 e. The zero-order chi connectivity index (χ0) is 14.8. The van der Waals surface area contributed by atoms with Gasteiger partial charge in [0.05, 0.1) is 11.4 Å². The van der Waals surface area contributed by atoms with Crippen LogP contribution in [0.3, 0.4) is 0 Å². The lowest BCUT2D eigenvalue weighted by Gasteiger charge is -2.27. The van der Waals surface area contributed by atoms with Crippen molar-refractivity contribution in [2.75, 3.05) is 30.2 Å². The fraction of sp³-hybridized carbons (Fsp3) is 0.600. The van der Waals surface area contributed by atoms with E-state index in [1.165, 1.54) is 4.31 Å². The van der Waals surface area contributed by atoms with Crippen molar-refractivity contribution in [2.45, 2.75) is 26.7 Å². The van der Waals surface area contributed by atoms with E-state index in [1.807, 2.05) is 32.0 Å². The standard InChI is InChI=1S/C15H24N2O2S/c1-12-4-5-15(13(2)10-12)17(3)20(18,19)11-14-6-8-16-9-7-14/h4-5,10,14,16H,6-9,11H2,1-3H3. The molecule has 1 aliphatic rings. The maximum absolute atomic E-state index is 12.5. The van der Waals surface area contributed by atoms with E-state index in [1.54, 1.807) is 7.05 Å². The van der Waals surface area contributed by atoms with Crippen molar-refractivity contribution in [1.29, 1.82) is 0 Å². The number of nitrogens with zero attached hydrogens (tertiary/aromatic N) is 1. The lowest BCUT2D eigenvalue weighted by molar-refractivity contribution is 0.401. The topological polar surface area (TPSA) is 49.4 Å². The van der Waals surface area contributed by atoms with E-state index < -0.39 is 10.0 Å². The van der Waals surface area contributed by atoms with Crippen LogP contribution in [0.15, 0.2) is 18.2 Å². The second-order valence-corrected chi connectivity index (χ2v) is 7.77. The number of piperidine rings is 1. The van der Waals surface area contributed by atoms with E-state index in [9.17, 15) is 8.42 Å². The fourth-order valence-corrected chi connectivity index (χ4v) is 4.42. The molecule has 20 heavy (non-hydrogen) atoms. The highest BCUT2D eigenvalue weighted by molar-refractivity contribution is 7.92. The van der Waals surface area contributed by atoms with Crippen LogP contribution in [-0.4, -0.2) is 34.3 Å². The predicted octanol–water partition coefficient (Wildman–Crippen LogP) is 2.07. The number of rotatable bonds is 4. The molecule has 0 amide bonds. The summed E-state index contributed by atoms with van der Waals surface area (Å²) in [5.74, 6) is 0.521. The van der Waals surface area contributed by atoms with Gasteiger partial charge in [-0.05, 0) is 57.3 Å². The van der Waals surface area contributed by atoms with Gasteiger partial charge in [-0.15, -0.1) is 0 Å². The van der Waals surface area contributed by atoms with Gasteiger partial charge in [0.1, 0.15) is 0 Å². The quantitative estimate of drug-likeness (QED) is 0.925. The van der Waals surface area contributed by atoms with E-state index in [2.05, 4.69) is 5.32 Å². The average molecular weight is 296 g/mol. The number of hydrogen-bond donors (Lipinski definition) is 1. The van der Waals surface area contributed by atoms with Crippen molar-refractivity contribution in [3.05, 3.63) is 29.3 Å². The van der Waals surface area contributed by atoms with E-state index in [0.717, 1.165) is 42.7 Å². The number of aryl methyl sites for hydroxylation is 2. The molecule has 1 aliphatic heterocycles. The molecule has 4 nitrogen and oxygen atoms in total. The van der Waals surface area contributed by atoms with Crippen LogP contribution in [0.5, 0.6) is 0 Å². The molecule has 112 valence electrons. The Kier molecular flexibility index (Phi) is 4.70. The molecule has 0 saturated carbocycles. The van der Waals surface area contributed by atoms with Crippen LogP contribution < -0.4 is 9.62 Å². The summed E-state index contributed by atoms with van der Waals surface area (Å²) in [7, 11) is -1.58. The number of benzene rings is 1. The molecule has 0 bridgehead atoms. The van der Waals surface area contributed by atoms with Gasteiger partial charge in [-0.2, -0.15) is 0 Å². The summed E-state index contributed by atoms with van der Waals surface area (Å²) in [5.41, 5.74) is 2.93. The summed E-state index contributed by atoms with van der Waals surface area (Å²) in [6, 6.07) is 5.87. The van der Waals surface area contributed by atoms with Crippen LogP contribution in [0.4, 0.5) is 5.69 Å². The molecule has 0 aromatic heterocycles. The predicted molar refractivity (Wildman–Crippen MR) is 83.7 cm³/mol. The number of sulfonamides is 1. The number of nitrogens with one attached hydrogen (secondary N) is 1. The van der Waals surface area contributed by atoms with Gasteiger partial charge in [-0.1, -0.05) is 17.7 Å². The first-order valence-corrected chi connectivity index (χ1v) is 8.75. The number of hydrogen-bond acceptors (Lipinski definition) is 3. The molecule has 1 aromatic carbocycles. The Balaban J connectivity index is 2.15. The van der Waals surface area contributed by atoms with Crippen molar-refractivity contribution >= 4 is 15.7 Å². The number of anilines is 1. The van der Waals surface area contributed by atoms with Crippen molar-refractivity contribution in [2.24, 2.45) is 5.92 Å². The molecule has 1 aromatic rings. The molecule has 1 N–H and O–H groups in total. The molecule has 1 heterocycles. The van der Waals surface area contributed by atoms with Gasteiger partial charge in [0.2, 0.25) is 10.0 Å². The normalized spacial score (nSPS) is 17.1. The summed E-state index contributed by atoms with van der Waals surface area (Å²) in [4.78, 5) is 0. The van der Waals surface area contributed by atoms with E-state index in [0.29, 0.717) is 0 Å². The summed E-state index contributed by atoms with van der Waals surface area (Å²) < 4.78 is 26.5. The van der Waals surface area contributed by atoms with Crippen LogP contribution in [-0.2, 0) is 10.0 Å². The Morgan fingerprint density at radius 1 is 1.25 bits per heavy atom. The minimum absolute atomic E-state index is 0.249. The van der Waals surface area contributed by atoms with Crippen LogP contribution in [0, 0.1) is 19.8 Å². The van der Waals surface area contributed by atoms with E-state index in [4.69, 9.17) is 0 Å². The maximum atomic E-state index is 12.5. The van der Waals surface area contributed by atoms with Crippen molar-refractivity contribution in [3.63, 3.8) is 0 Å². The Labute approximate surface area is 122 Å². The van der Waals surface area contributed by atoms with Gasteiger partial charge < -0.3 is 5.32 Å². The van der Waals surface area contributed by atoms with Gasteiger partial charge >= 0.3 is 0 Å². The Morgan fingerprint density at radius 3 is 2.50 bits per heavy atom. The van der Waals surface area contributed by atoms with Crippen molar-refractivity contribution in [3.8, 4) is 0 Å². The summed E-state index contributed by atoms with van der Waals surface area (Å²) in [5, 5.41) is 3.27. The second kappa shape index (κ2) is 6.14. The van der Waals surface area contributed by atoms with Crippen LogP contribution in [0.25, 0.3) is 0 Å². The third-order valence-electron chi connectivity index (χ3n) is 4.01. The smallest absolute Gasteiger partial charge is 0.235 e. The maximum Gasteiger partial charge on any atom is 0.235 e. The minimum Gasteiger partial charge on any atom is -0.317 e. The van der Waals surface area contributed by atoms with Gasteiger partial charge in [-0.25, -0.2) is 8.42 Å². The van der Waals surface area contributed by atoms with Crippen LogP contribution in [0.2, 0.25) is 0 Å². The first-order chi connectivity index (χ1) is 9.40. The van der Waals surface area contributed by atoms with Crippen molar-refractivity contribution in [1.82, 2.24) is 5.32 Å². The molecular weight excluding hydrogens is 272 g/mol. The zero-order valence-corrected chi connectivity index (χ0v) is 13.3. The molecule has 0 radical (unpaired) electrons. The van der Waals surface area contributed by atoms with Gasteiger partial charge in [0.15, 0.2) is 0 Å². The highest BCUT2D eigenvalue weighted by atomic mass is 32.2. The SMILES string of the molecule is Cc1ccc(N(C)S(=O)(=O)CC2CCNCC2)c(C)c1. The second-order valence-electron chi connectivity index (χ2n) is 5.73. The first-order valence-electron chi connectivity index (χ1n) is 7.15. The molecular formula is C15H24N2O2S. The van der Waals surface area contributed by atoms with E-state index >= 15 is 0 Å². The monoisotopic (exact) mass is 296 g/mol. The van der Waals surface area contributed by atoms with E-state index in [-0.39, 0.29) is 11.7 Å². The molecule has 5 heteroatoms. The Morgan fingerprint density at radius 2 is 1.90 bits per heavy atom. The summed E-state index contributed by atoms with van der Waals surface area (Å²) >= 11 is 0. The minimum atomic E-state index is -3.24. The highest BCUT2D eigenvalue weighted by Crippen LogP contribution is 2.24. The lowest BCUT2D eigenvalue weighted by Crippen LogP contribution is -2.36.